The number of benzene rings is 12. The van der Waals surface area contributed by atoms with Crippen molar-refractivity contribution >= 4 is 169 Å². The fourth-order valence-electron chi connectivity index (χ4n) is 15.6. The highest BCUT2D eigenvalue weighted by Gasteiger charge is 2.56. The van der Waals surface area contributed by atoms with Gasteiger partial charge in [-0.1, -0.05) is 203 Å². The van der Waals surface area contributed by atoms with Crippen LogP contribution in [0.3, 0.4) is 0 Å². The highest BCUT2D eigenvalue weighted by molar-refractivity contribution is 7.27. The summed E-state index contributed by atoms with van der Waals surface area (Å²) >= 11 is 1.85. The maximum Gasteiger partial charge on any atom is 0.498 e. The Morgan fingerprint density at radius 1 is 0.348 bits per heavy atom. The van der Waals surface area contributed by atoms with Crippen molar-refractivity contribution in [2.24, 2.45) is 0 Å². The molecule has 12 nitrogen and oxygen atoms in total. The lowest BCUT2D eigenvalue weighted by Crippen LogP contribution is -2.41. The monoisotopic (exact) mass is 1550 g/mol. The van der Waals surface area contributed by atoms with Crippen LogP contribution >= 0.6 is 11.3 Å². The molecule has 4 fully saturated rings. The van der Waals surface area contributed by atoms with Gasteiger partial charge in [-0.3, -0.25) is 0 Å². The number of fused-ring (bicyclic) bond motifs is 15. The van der Waals surface area contributed by atoms with E-state index in [-0.39, 0.29) is 71.8 Å². The van der Waals surface area contributed by atoms with E-state index in [1.807, 2.05) is 82.4 Å². The lowest BCUT2D eigenvalue weighted by atomic mass is 9.78. The van der Waals surface area contributed by atoms with Gasteiger partial charge in [-0.15, -0.1) is 11.3 Å². The van der Waals surface area contributed by atoms with Gasteiger partial charge in [0.25, 0.3) is 0 Å². The molecule has 4 aromatic heterocycles. The van der Waals surface area contributed by atoms with Crippen LogP contribution in [0.25, 0.3) is 130 Å². The van der Waals surface area contributed by atoms with Crippen molar-refractivity contribution < 1.29 is 60.7 Å². The van der Waals surface area contributed by atoms with E-state index in [4.69, 9.17) is 60.7 Å². The van der Waals surface area contributed by atoms with E-state index in [2.05, 4.69) is 268 Å². The Labute approximate surface area is 685 Å². The smallest absolute Gasteiger partial charge is 0.494 e. The average molecular weight is 1550 g/mol. The number of para-hydroxylation sites is 4. The Balaban J connectivity index is 0.000000115. The zero-order valence-electron chi connectivity index (χ0n) is 73.5. The van der Waals surface area contributed by atoms with Crippen LogP contribution < -0.4 is 26.6 Å². The summed E-state index contributed by atoms with van der Waals surface area (Å²) in [7, 11) is -1.80. The minimum Gasteiger partial charge on any atom is -0.494 e. The van der Waals surface area contributed by atoms with Crippen LogP contribution in [0, 0.1) is 0 Å². The van der Waals surface area contributed by atoms with Gasteiger partial charge in [0.05, 0.1) is 56.9 Å². The van der Waals surface area contributed by atoms with Crippen LogP contribution in [0.15, 0.2) is 244 Å². The molecule has 0 spiro atoms. The molecular formula is C98H100B4O12S. The molecule has 582 valence electrons. The van der Waals surface area contributed by atoms with Crippen LogP contribution in [0.5, 0.6) is 5.75 Å². The molecule has 4 aliphatic rings. The SMILES string of the molecule is CC(C)(C)c1ccc2c(c1)sc1c(B3OC(C)(C)C(C)(C)O3)cccc12.CC1(C)OB(c2cccc3c2oc2ccc(-c4cc5ccccc5c5ccccc45)cc23)OC1(C)C.CCOc1cc(-c2ccc(B3OC(C)(C)C(C)(C)O3)cc2)c2oc3ccccc3c2c1.[2H]c1c([2H])c([2H])c2c(oc3c(B4OC(C)(C)C(C)(C)O4)cccc32)c1[2H]. The summed E-state index contributed by atoms with van der Waals surface area (Å²) in [6, 6.07) is 70.8. The van der Waals surface area contributed by atoms with Crippen LogP contribution in [0.4, 0.5) is 0 Å². The minimum atomic E-state index is -0.640. The quantitative estimate of drug-likeness (QED) is 0.106. The first-order valence-electron chi connectivity index (χ1n) is 42.0. The highest BCUT2D eigenvalue weighted by atomic mass is 32.1. The van der Waals surface area contributed by atoms with Crippen LogP contribution in [0.2, 0.25) is 0 Å². The summed E-state index contributed by atoms with van der Waals surface area (Å²) in [6.45, 7) is 42.3. The first kappa shape index (κ1) is 73.2. The van der Waals surface area contributed by atoms with Crippen molar-refractivity contribution in [1.29, 1.82) is 0 Å². The van der Waals surface area contributed by atoms with Gasteiger partial charge in [0.1, 0.15) is 39.2 Å². The summed E-state index contributed by atoms with van der Waals surface area (Å²) in [4.78, 5) is 0. The van der Waals surface area contributed by atoms with Gasteiger partial charge in [0, 0.05) is 69.1 Å². The van der Waals surface area contributed by atoms with Gasteiger partial charge >= 0.3 is 28.5 Å². The van der Waals surface area contributed by atoms with E-state index in [1.165, 1.54) is 58.4 Å². The molecule has 12 aromatic carbocycles. The average Bonchev–Trinajstić information content (AvgIpc) is 1.53. The molecule has 17 heteroatoms. The van der Waals surface area contributed by atoms with E-state index in [0.29, 0.717) is 28.4 Å². The maximum atomic E-state index is 8.22. The predicted octanol–water partition coefficient (Wildman–Crippen LogP) is 23.3. The Morgan fingerprint density at radius 3 is 1.41 bits per heavy atom. The van der Waals surface area contributed by atoms with Crippen molar-refractivity contribution in [2.45, 2.75) is 189 Å². The van der Waals surface area contributed by atoms with Gasteiger partial charge in [-0.05, 0) is 226 Å². The van der Waals surface area contributed by atoms with Crippen LogP contribution in [0.1, 0.15) is 150 Å². The van der Waals surface area contributed by atoms with Crippen molar-refractivity contribution in [1.82, 2.24) is 0 Å². The standard InChI is InChI=1S/C32H27BO3.C26H27BO4.C22H27BO2S.C18H19BO3/c1-31(2)32(3,4)36-33(35-31)28-15-9-14-25-27-19-21(16-17-29(27)34-30(25)28)26-18-20-10-5-6-11-22(20)23-12-7-8-13-24(23)26;1-6-28-19-15-21(24-22(16-19)20-9-7-8-10-23(20)29-24)17-11-13-18(14-12-17)27-30-25(2,3)26(4,5)31-27;1-20(2,3)14-11-12-15-16-9-8-10-17(19(16)26-18(15)13-14)23-24-21(4,5)22(6,7)25-23;1-17(2)18(3,4)22-19(21-17)14-10-7-9-13-12-8-5-6-11-15(12)20-16(13)14/h5-19H,1-4H3;7-16H,6H2,1-5H3;8-13H,1-7H3;5-11H,1-4H3/i;;;5D,6D,8D,11D. The highest BCUT2D eigenvalue weighted by Crippen LogP contribution is 2.46. The fraction of sp³-hybridized carbons (Fsp3) is 0.306. The first-order valence-corrected chi connectivity index (χ1v) is 40.8. The molecule has 8 heterocycles. The summed E-state index contributed by atoms with van der Waals surface area (Å²) in [6.07, 6.45) is 0. The number of hydrogen-bond acceptors (Lipinski definition) is 13. The van der Waals surface area contributed by atoms with Gasteiger partial charge in [-0.25, -0.2) is 0 Å². The van der Waals surface area contributed by atoms with E-state index in [9.17, 15) is 0 Å². The van der Waals surface area contributed by atoms with Gasteiger partial charge < -0.3 is 55.2 Å². The Morgan fingerprint density at radius 2 is 0.817 bits per heavy atom. The summed E-state index contributed by atoms with van der Waals surface area (Å²) in [5, 5.41) is 13.0. The molecule has 0 saturated carbocycles. The molecule has 0 N–H and O–H groups in total. The number of furan rings is 3. The molecule has 4 aliphatic heterocycles. The molecule has 0 amide bonds. The third-order valence-corrected chi connectivity index (χ3v) is 26.4. The number of thiophene rings is 1. The van der Waals surface area contributed by atoms with Crippen LogP contribution in [-0.2, 0) is 42.6 Å². The second-order valence-corrected chi connectivity index (χ2v) is 37.0. The van der Waals surface area contributed by atoms with E-state index in [1.54, 1.807) is 6.07 Å². The topological polar surface area (TPSA) is 122 Å². The molecule has 0 bridgehead atoms. The number of rotatable bonds is 8. The van der Waals surface area contributed by atoms with Gasteiger partial charge in [-0.2, -0.15) is 0 Å². The van der Waals surface area contributed by atoms with Crippen molar-refractivity contribution in [3.05, 3.63) is 236 Å². The Kier molecular flexibility index (Phi) is 18.1. The lowest BCUT2D eigenvalue weighted by molar-refractivity contribution is 0.00578. The summed E-state index contributed by atoms with van der Waals surface area (Å²) < 4.78 is 109. The molecule has 115 heavy (non-hydrogen) atoms. The fourth-order valence-corrected chi connectivity index (χ4v) is 16.9. The molecular weight excluding hydrogens is 1440 g/mol. The van der Waals surface area contributed by atoms with E-state index in [0.717, 1.165) is 77.1 Å². The Hall–Kier alpha value is -9.48. The molecule has 0 aliphatic carbocycles. The second kappa shape index (κ2) is 28.4. The van der Waals surface area contributed by atoms with Crippen molar-refractivity contribution in [2.75, 3.05) is 6.61 Å². The van der Waals surface area contributed by atoms with Crippen molar-refractivity contribution in [3.63, 3.8) is 0 Å². The zero-order valence-corrected chi connectivity index (χ0v) is 70.3. The summed E-state index contributed by atoms with van der Waals surface area (Å²) in [5.41, 5.74) is 10.6. The van der Waals surface area contributed by atoms with Crippen molar-refractivity contribution in [3.8, 4) is 28.0 Å². The third kappa shape index (κ3) is 13.9. The molecule has 0 unspecified atom stereocenters. The maximum absolute atomic E-state index is 8.22. The molecule has 0 atom stereocenters. The first-order chi connectivity index (χ1) is 56.2. The number of hydrogen-bond donors (Lipinski definition) is 0. The minimum absolute atomic E-state index is 0.106. The zero-order chi connectivity index (χ0) is 84.4. The largest absolute Gasteiger partial charge is 0.498 e. The van der Waals surface area contributed by atoms with Gasteiger partial charge in [0.15, 0.2) is 0 Å². The molecule has 16 aromatic rings. The normalized spacial score (nSPS) is 18.8. The number of ether oxygens (including phenoxy) is 1. The van der Waals surface area contributed by atoms with Crippen LogP contribution in [-0.4, -0.2) is 79.9 Å². The molecule has 0 radical (unpaired) electrons. The Bertz CT molecular complexity index is 6640. The van der Waals surface area contributed by atoms with E-state index < -0.39 is 36.6 Å². The van der Waals surface area contributed by atoms with E-state index >= 15 is 0 Å². The second-order valence-electron chi connectivity index (χ2n) is 35.9. The van der Waals surface area contributed by atoms with Gasteiger partial charge in [0.2, 0.25) is 0 Å². The molecule has 4 saturated heterocycles. The third-order valence-electron chi connectivity index (χ3n) is 25.2. The molecule has 20 rings (SSSR count). The lowest BCUT2D eigenvalue weighted by Gasteiger charge is -2.32. The predicted molar refractivity (Wildman–Crippen MR) is 479 cm³/mol. The summed E-state index contributed by atoms with van der Waals surface area (Å²) in [5.74, 6) is 0.839.